The van der Waals surface area contributed by atoms with Crippen LogP contribution in [0.1, 0.15) is 62.5 Å². The van der Waals surface area contributed by atoms with E-state index >= 15 is 0 Å². The Kier molecular flexibility index (Phi) is 2.80. The zero-order valence-corrected chi connectivity index (χ0v) is 12.2. The maximum absolute atomic E-state index is 12.3. The Balaban J connectivity index is 2.59. The van der Waals surface area contributed by atoms with Crippen molar-refractivity contribution < 1.29 is 9.53 Å². The topological polar surface area (TPSA) is 26.3 Å². The number of Topliss-reactive ketones (excluding diaryl/α,β-unsaturated/α-hetero) is 1. The van der Waals surface area contributed by atoms with Crippen LogP contribution in [0.5, 0.6) is 5.75 Å². The normalized spacial score (nSPS) is 18.2. The van der Waals surface area contributed by atoms with Crippen LogP contribution in [-0.2, 0) is 5.41 Å². The van der Waals surface area contributed by atoms with Gasteiger partial charge in [0.1, 0.15) is 11.4 Å². The fourth-order valence-electron chi connectivity index (χ4n) is 2.34. The largest absolute Gasteiger partial charge is 0.486 e. The van der Waals surface area contributed by atoms with Crippen LogP contribution >= 0.6 is 0 Å². The molecule has 0 aromatic heterocycles. The van der Waals surface area contributed by atoms with Crippen molar-refractivity contribution in [2.24, 2.45) is 0 Å². The third kappa shape index (κ3) is 2.29. The predicted octanol–water partition coefficient (Wildman–Crippen LogP) is 4.04. The van der Waals surface area contributed by atoms with Gasteiger partial charge in [0.25, 0.3) is 0 Å². The predicted molar refractivity (Wildman–Crippen MR) is 73.5 cm³/mol. The number of hydrogen-bond acceptors (Lipinski definition) is 2. The maximum atomic E-state index is 12.3. The molecular formula is C16H22O2. The van der Waals surface area contributed by atoms with Gasteiger partial charge in [0.05, 0.1) is 12.0 Å². The number of carbonyl (C=O) groups excluding carboxylic acids is 1. The highest BCUT2D eigenvalue weighted by Gasteiger charge is 2.34. The highest BCUT2D eigenvalue weighted by atomic mass is 16.5. The molecule has 0 aliphatic carbocycles. The lowest BCUT2D eigenvalue weighted by Gasteiger charge is -2.33. The summed E-state index contributed by atoms with van der Waals surface area (Å²) in [5.41, 5.74) is 2.65. The minimum atomic E-state index is -0.391. The molecule has 98 valence electrons. The quantitative estimate of drug-likeness (QED) is 0.690. The average molecular weight is 246 g/mol. The van der Waals surface area contributed by atoms with Gasteiger partial charge in [-0.1, -0.05) is 26.8 Å². The van der Waals surface area contributed by atoms with E-state index in [-0.39, 0.29) is 11.2 Å². The summed E-state index contributed by atoms with van der Waals surface area (Å²) in [6.07, 6.45) is 0.451. The molecule has 2 rings (SSSR count). The number of ether oxygens (including phenoxy) is 1. The van der Waals surface area contributed by atoms with Crippen LogP contribution in [0.4, 0.5) is 0 Å². The monoisotopic (exact) mass is 246 g/mol. The van der Waals surface area contributed by atoms with E-state index < -0.39 is 5.60 Å². The molecule has 2 heteroatoms. The second kappa shape index (κ2) is 3.84. The molecular weight excluding hydrogens is 224 g/mol. The summed E-state index contributed by atoms with van der Waals surface area (Å²) in [6, 6.07) is 4.13. The van der Waals surface area contributed by atoms with Crippen LogP contribution in [0, 0.1) is 6.92 Å². The van der Waals surface area contributed by atoms with Gasteiger partial charge in [0.2, 0.25) is 0 Å². The summed E-state index contributed by atoms with van der Waals surface area (Å²) < 4.78 is 5.97. The summed E-state index contributed by atoms with van der Waals surface area (Å²) in [6.45, 7) is 12.4. The van der Waals surface area contributed by atoms with Gasteiger partial charge >= 0.3 is 0 Å². The van der Waals surface area contributed by atoms with Crippen molar-refractivity contribution in [1.29, 1.82) is 0 Å². The second-order valence-electron chi connectivity index (χ2n) is 6.88. The van der Waals surface area contributed by atoms with Crippen molar-refractivity contribution >= 4 is 5.78 Å². The van der Waals surface area contributed by atoms with Crippen molar-refractivity contribution in [3.05, 3.63) is 28.8 Å². The Morgan fingerprint density at radius 3 is 2.39 bits per heavy atom. The van der Waals surface area contributed by atoms with E-state index in [1.807, 2.05) is 26.8 Å². The summed E-state index contributed by atoms with van der Waals surface area (Å²) in [7, 11) is 0. The molecule has 1 aromatic rings. The highest BCUT2D eigenvalue weighted by Crippen LogP contribution is 2.38. The van der Waals surface area contributed by atoms with Crippen LogP contribution in [0.15, 0.2) is 12.1 Å². The molecule has 0 unspecified atom stereocenters. The van der Waals surface area contributed by atoms with Crippen LogP contribution in [-0.4, -0.2) is 11.4 Å². The van der Waals surface area contributed by atoms with Gasteiger partial charge < -0.3 is 4.74 Å². The zero-order valence-electron chi connectivity index (χ0n) is 12.2. The molecule has 0 saturated heterocycles. The van der Waals surface area contributed by atoms with Crippen LogP contribution in [0.3, 0.4) is 0 Å². The van der Waals surface area contributed by atoms with Crippen LogP contribution < -0.4 is 4.74 Å². The molecule has 1 aliphatic rings. The molecule has 0 atom stereocenters. The Hall–Kier alpha value is -1.31. The van der Waals surface area contributed by atoms with Crippen molar-refractivity contribution in [2.45, 2.75) is 59.0 Å². The smallest absolute Gasteiger partial charge is 0.170 e. The van der Waals surface area contributed by atoms with E-state index in [1.54, 1.807) is 0 Å². The first-order valence-corrected chi connectivity index (χ1v) is 6.47. The number of hydrogen-bond donors (Lipinski definition) is 0. The fraction of sp³-hybridized carbons (Fsp3) is 0.562. The minimum absolute atomic E-state index is 0.0486. The molecule has 0 spiro atoms. The Labute approximate surface area is 109 Å². The van der Waals surface area contributed by atoms with Crippen molar-refractivity contribution in [3.8, 4) is 5.75 Å². The Bertz CT molecular complexity index is 505. The molecule has 1 aromatic carbocycles. The molecule has 0 fully saturated rings. The van der Waals surface area contributed by atoms with E-state index in [2.05, 4.69) is 26.8 Å². The molecule has 1 heterocycles. The van der Waals surface area contributed by atoms with E-state index in [1.165, 1.54) is 5.56 Å². The third-order valence-electron chi connectivity index (χ3n) is 3.41. The van der Waals surface area contributed by atoms with Gasteiger partial charge in [0.15, 0.2) is 5.78 Å². The number of benzene rings is 1. The number of rotatable bonds is 0. The number of aryl methyl sites for hydroxylation is 1. The van der Waals surface area contributed by atoms with Crippen LogP contribution in [0.25, 0.3) is 0 Å². The van der Waals surface area contributed by atoms with Gasteiger partial charge in [-0.15, -0.1) is 0 Å². The van der Waals surface area contributed by atoms with Gasteiger partial charge in [-0.2, -0.15) is 0 Å². The highest BCUT2D eigenvalue weighted by molar-refractivity contribution is 6.01. The zero-order chi connectivity index (χ0) is 13.7. The van der Waals surface area contributed by atoms with Crippen molar-refractivity contribution in [2.75, 3.05) is 0 Å². The molecule has 1 aliphatic heterocycles. The lowest BCUT2D eigenvalue weighted by Crippen LogP contribution is -2.36. The summed E-state index contributed by atoms with van der Waals surface area (Å²) in [5.74, 6) is 0.958. The number of fused-ring (bicyclic) bond motifs is 1. The standard InChI is InChI=1S/C16H22O2/c1-10-7-11(15(2,3)4)8-12-13(17)9-16(5,6)18-14(10)12/h7-8H,9H2,1-6H3. The van der Waals surface area contributed by atoms with Gasteiger partial charge in [-0.25, -0.2) is 0 Å². The van der Waals surface area contributed by atoms with E-state index in [9.17, 15) is 4.79 Å². The molecule has 0 amide bonds. The van der Waals surface area contributed by atoms with Gasteiger partial charge in [-0.3, -0.25) is 4.79 Å². The first-order chi connectivity index (χ1) is 8.10. The molecule has 0 N–H and O–H groups in total. The van der Waals surface area contributed by atoms with E-state index in [0.717, 1.165) is 16.9 Å². The number of ketones is 1. The van der Waals surface area contributed by atoms with Crippen LogP contribution in [0.2, 0.25) is 0 Å². The second-order valence-corrected chi connectivity index (χ2v) is 6.88. The summed E-state index contributed by atoms with van der Waals surface area (Å²) >= 11 is 0. The van der Waals surface area contributed by atoms with Crippen molar-refractivity contribution in [1.82, 2.24) is 0 Å². The average Bonchev–Trinajstić information content (AvgIpc) is 2.16. The van der Waals surface area contributed by atoms with E-state index in [0.29, 0.717) is 6.42 Å². The summed E-state index contributed by atoms with van der Waals surface area (Å²) in [4.78, 5) is 12.3. The third-order valence-corrected chi connectivity index (χ3v) is 3.41. The van der Waals surface area contributed by atoms with E-state index in [4.69, 9.17) is 4.74 Å². The number of carbonyl (C=O) groups is 1. The lowest BCUT2D eigenvalue weighted by atomic mass is 9.82. The first-order valence-electron chi connectivity index (χ1n) is 6.47. The van der Waals surface area contributed by atoms with Crippen molar-refractivity contribution in [3.63, 3.8) is 0 Å². The molecule has 2 nitrogen and oxygen atoms in total. The van der Waals surface area contributed by atoms with Gasteiger partial charge in [-0.05, 0) is 43.4 Å². The summed E-state index contributed by atoms with van der Waals surface area (Å²) in [5, 5.41) is 0. The SMILES string of the molecule is Cc1cc(C(C)(C)C)cc2c1OC(C)(C)CC2=O. The maximum Gasteiger partial charge on any atom is 0.170 e. The molecule has 18 heavy (non-hydrogen) atoms. The fourth-order valence-corrected chi connectivity index (χ4v) is 2.34. The Morgan fingerprint density at radius 2 is 1.83 bits per heavy atom. The van der Waals surface area contributed by atoms with Gasteiger partial charge in [0, 0.05) is 0 Å². The molecule has 0 bridgehead atoms. The molecule has 0 radical (unpaired) electrons. The molecule has 0 saturated carbocycles. The minimum Gasteiger partial charge on any atom is -0.486 e. The lowest BCUT2D eigenvalue weighted by molar-refractivity contribution is 0.0615. The Morgan fingerprint density at radius 1 is 1.22 bits per heavy atom. The first kappa shape index (κ1) is 13.1.